The number of thioether (sulfide) groups is 1. The van der Waals surface area contributed by atoms with Crippen LogP contribution in [-0.4, -0.2) is 5.78 Å². The zero-order chi connectivity index (χ0) is 14.0. The Balaban J connectivity index is 5.29. The molecule has 0 radical (unpaired) electrons. The fraction of sp³-hybridized carbons (Fsp3) is 0.0625. The molecule has 0 heterocycles. The van der Waals surface area contributed by atoms with Gasteiger partial charge in [-0.25, -0.2) is 0 Å². The monoisotopic (exact) mass is 258 g/mol. The Hall–Kier alpha value is -1.80. The van der Waals surface area contributed by atoms with E-state index in [0.29, 0.717) is 10.5 Å². The molecule has 0 aromatic carbocycles. The lowest BCUT2D eigenvalue weighted by Gasteiger charge is -2.03. The van der Waals surface area contributed by atoms with Crippen molar-refractivity contribution in [2.24, 2.45) is 0 Å². The first-order chi connectivity index (χ1) is 8.60. The molecule has 0 spiro atoms. The minimum absolute atomic E-state index is 0.0945. The summed E-state index contributed by atoms with van der Waals surface area (Å²) in [6, 6.07) is 0. The van der Waals surface area contributed by atoms with Gasteiger partial charge in [0.1, 0.15) is 0 Å². The van der Waals surface area contributed by atoms with Crippen LogP contribution in [0.2, 0.25) is 0 Å². The van der Waals surface area contributed by atoms with Crippen LogP contribution in [-0.2, 0) is 4.79 Å². The summed E-state index contributed by atoms with van der Waals surface area (Å²) >= 11 is 1.27. The van der Waals surface area contributed by atoms with Gasteiger partial charge < -0.3 is 0 Å². The van der Waals surface area contributed by atoms with Crippen molar-refractivity contribution in [2.45, 2.75) is 6.92 Å². The molecule has 0 aliphatic heterocycles. The summed E-state index contributed by atoms with van der Waals surface area (Å²) in [5.74, 6) is -0.0945. The third-order valence-electron chi connectivity index (χ3n) is 2.03. The molecule has 0 unspecified atom stereocenters. The maximum atomic E-state index is 12.2. The molecule has 94 valence electrons. The largest absolute Gasteiger partial charge is 0.288 e. The highest BCUT2D eigenvalue weighted by atomic mass is 32.2. The van der Waals surface area contributed by atoms with Crippen molar-refractivity contribution in [3.63, 3.8) is 0 Å². The fourth-order valence-electron chi connectivity index (χ4n) is 1.03. The van der Waals surface area contributed by atoms with E-state index in [2.05, 4.69) is 26.3 Å². The first-order valence-corrected chi connectivity index (χ1v) is 6.27. The van der Waals surface area contributed by atoms with E-state index in [4.69, 9.17) is 0 Å². The molecule has 0 bridgehead atoms. The Morgan fingerprint density at radius 3 is 2.11 bits per heavy atom. The fourth-order valence-corrected chi connectivity index (χ4v) is 1.61. The summed E-state index contributed by atoms with van der Waals surface area (Å²) in [4.78, 5) is 12.7. The first-order valence-electron chi connectivity index (χ1n) is 5.39. The standard InChI is InChI=1S/C16H18OS/c1-6-10-15(18-9-4)16(17)14(8-3)12-11-13(5)7-2/h6-12H,1-4H2,5H3/b13-11-,14-12+,15-10-. The quantitative estimate of drug-likeness (QED) is 0.462. The van der Waals surface area contributed by atoms with Crippen LogP contribution in [0.4, 0.5) is 0 Å². The van der Waals surface area contributed by atoms with Gasteiger partial charge in [-0.2, -0.15) is 0 Å². The molecule has 0 saturated heterocycles. The van der Waals surface area contributed by atoms with E-state index < -0.39 is 0 Å². The smallest absolute Gasteiger partial charge is 0.199 e. The summed E-state index contributed by atoms with van der Waals surface area (Å²) < 4.78 is 0. The second-order valence-electron chi connectivity index (χ2n) is 3.32. The van der Waals surface area contributed by atoms with E-state index in [1.165, 1.54) is 17.8 Å². The Morgan fingerprint density at radius 2 is 1.67 bits per heavy atom. The second kappa shape index (κ2) is 9.25. The van der Waals surface area contributed by atoms with E-state index >= 15 is 0 Å². The SMILES string of the molecule is C=C/C=C(\SC=C)C(=O)/C(C=C)=C/C=C(/C)C=C. The van der Waals surface area contributed by atoms with Crippen LogP contribution in [0.15, 0.2) is 84.2 Å². The van der Waals surface area contributed by atoms with E-state index in [1.54, 1.807) is 29.7 Å². The number of carbonyl (C=O) groups is 1. The van der Waals surface area contributed by atoms with E-state index in [0.717, 1.165) is 5.57 Å². The van der Waals surface area contributed by atoms with E-state index in [-0.39, 0.29) is 5.78 Å². The van der Waals surface area contributed by atoms with Crippen LogP contribution in [0, 0.1) is 0 Å². The highest BCUT2D eigenvalue weighted by Gasteiger charge is 2.11. The molecule has 0 N–H and O–H groups in total. The van der Waals surface area contributed by atoms with Crippen molar-refractivity contribution in [1.29, 1.82) is 0 Å². The minimum atomic E-state index is -0.0945. The lowest BCUT2D eigenvalue weighted by molar-refractivity contribution is -0.111. The van der Waals surface area contributed by atoms with Crippen molar-refractivity contribution < 1.29 is 4.79 Å². The molecule has 0 rings (SSSR count). The van der Waals surface area contributed by atoms with Gasteiger partial charge in [0.15, 0.2) is 5.78 Å². The van der Waals surface area contributed by atoms with Gasteiger partial charge in [-0.15, -0.1) is 0 Å². The molecule has 1 nitrogen and oxygen atoms in total. The number of rotatable bonds is 8. The van der Waals surface area contributed by atoms with Gasteiger partial charge in [0.2, 0.25) is 0 Å². The van der Waals surface area contributed by atoms with Crippen molar-refractivity contribution in [2.75, 3.05) is 0 Å². The predicted molar refractivity (Wildman–Crippen MR) is 83.3 cm³/mol. The van der Waals surface area contributed by atoms with Crippen LogP contribution in [0.3, 0.4) is 0 Å². The predicted octanol–water partition coefficient (Wildman–Crippen LogP) is 4.75. The van der Waals surface area contributed by atoms with Crippen LogP contribution in [0.1, 0.15) is 6.92 Å². The number of allylic oxidation sites excluding steroid dienone is 9. The maximum Gasteiger partial charge on any atom is 0.199 e. The third kappa shape index (κ3) is 5.51. The number of hydrogen-bond donors (Lipinski definition) is 0. The molecule has 0 fully saturated rings. The average molecular weight is 258 g/mol. The lowest BCUT2D eigenvalue weighted by Crippen LogP contribution is -2.01. The highest BCUT2D eigenvalue weighted by Crippen LogP contribution is 2.21. The summed E-state index contributed by atoms with van der Waals surface area (Å²) in [7, 11) is 0. The zero-order valence-corrected chi connectivity index (χ0v) is 11.5. The first kappa shape index (κ1) is 16.2. The topological polar surface area (TPSA) is 17.1 Å². The number of Topliss-reactive ketones (excluding diaryl/α,β-unsaturated/α-hetero) is 1. The van der Waals surface area contributed by atoms with Gasteiger partial charge >= 0.3 is 0 Å². The third-order valence-corrected chi connectivity index (χ3v) is 2.78. The summed E-state index contributed by atoms with van der Waals surface area (Å²) in [5, 5.41) is 1.61. The van der Waals surface area contributed by atoms with Crippen molar-refractivity contribution in [1.82, 2.24) is 0 Å². The van der Waals surface area contributed by atoms with Gasteiger partial charge in [-0.3, -0.25) is 4.79 Å². The summed E-state index contributed by atoms with van der Waals surface area (Å²) in [6.07, 6.45) is 10.1. The number of carbonyl (C=O) groups excluding carboxylic acids is 1. The average Bonchev–Trinajstić information content (AvgIpc) is 2.38. The second-order valence-corrected chi connectivity index (χ2v) is 4.33. The van der Waals surface area contributed by atoms with Crippen molar-refractivity contribution >= 4 is 17.5 Å². The summed E-state index contributed by atoms with van der Waals surface area (Å²) in [5.41, 5.74) is 1.51. The van der Waals surface area contributed by atoms with Crippen LogP contribution < -0.4 is 0 Å². The lowest BCUT2D eigenvalue weighted by atomic mass is 10.1. The molecular weight excluding hydrogens is 240 g/mol. The van der Waals surface area contributed by atoms with E-state index in [9.17, 15) is 4.79 Å². The van der Waals surface area contributed by atoms with Crippen LogP contribution in [0.5, 0.6) is 0 Å². The van der Waals surface area contributed by atoms with Crippen molar-refractivity contribution in [3.8, 4) is 0 Å². The number of ketones is 1. The summed E-state index contributed by atoms with van der Waals surface area (Å²) in [6.45, 7) is 16.4. The molecule has 0 aliphatic carbocycles. The molecular formula is C16H18OS. The number of hydrogen-bond acceptors (Lipinski definition) is 2. The van der Waals surface area contributed by atoms with Crippen LogP contribution >= 0.6 is 11.8 Å². The normalized spacial score (nSPS) is 12.8. The molecule has 0 saturated carbocycles. The molecule has 0 atom stereocenters. The molecule has 18 heavy (non-hydrogen) atoms. The van der Waals surface area contributed by atoms with Gasteiger partial charge in [0, 0.05) is 5.57 Å². The van der Waals surface area contributed by atoms with E-state index in [1.807, 2.05) is 13.0 Å². The molecule has 0 amide bonds. The Bertz CT molecular complexity index is 448. The molecule has 0 aromatic heterocycles. The van der Waals surface area contributed by atoms with Gasteiger partial charge in [0.25, 0.3) is 0 Å². The zero-order valence-electron chi connectivity index (χ0n) is 10.7. The highest BCUT2D eigenvalue weighted by molar-refractivity contribution is 8.06. The minimum Gasteiger partial charge on any atom is -0.288 e. The van der Waals surface area contributed by atoms with Gasteiger partial charge in [-0.05, 0) is 18.4 Å². The van der Waals surface area contributed by atoms with Gasteiger partial charge in [-0.1, -0.05) is 74.0 Å². The molecule has 2 heteroatoms. The Morgan fingerprint density at radius 1 is 1.00 bits per heavy atom. The molecule has 0 aliphatic rings. The van der Waals surface area contributed by atoms with Crippen LogP contribution in [0.25, 0.3) is 0 Å². The molecule has 0 aromatic rings. The Kier molecular flexibility index (Phi) is 8.33. The Labute approximate surface area is 114 Å². The van der Waals surface area contributed by atoms with Crippen molar-refractivity contribution in [3.05, 3.63) is 84.2 Å². The van der Waals surface area contributed by atoms with Gasteiger partial charge in [0.05, 0.1) is 4.91 Å². The maximum absolute atomic E-state index is 12.2.